The second kappa shape index (κ2) is 4.67. The van der Waals surface area contributed by atoms with Crippen molar-refractivity contribution in [2.24, 2.45) is 0 Å². The van der Waals surface area contributed by atoms with E-state index in [-0.39, 0.29) is 0 Å². The molecule has 0 aliphatic rings. The van der Waals surface area contributed by atoms with Gasteiger partial charge in [-0.3, -0.25) is 0 Å². The van der Waals surface area contributed by atoms with Crippen molar-refractivity contribution in [3.8, 4) is 0 Å². The number of nitrogens with zero attached hydrogens (tertiary/aromatic N) is 4. The summed E-state index contributed by atoms with van der Waals surface area (Å²) in [4.78, 5) is 2.02. The van der Waals surface area contributed by atoms with Crippen LogP contribution in [0.15, 0.2) is 28.7 Å². The van der Waals surface area contributed by atoms with Crippen LogP contribution in [0.25, 0.3) is 0 Å². The highest BCUT2D eigenvalue weighted by Gasteiger charge is 2.05. The molecule has 0 saturated carbocycles. The van der Waals surface area contributed by atoms with E-state index in [1.807, 2.05) is 24.1 Å². The molecule has 0 amide bonds. The molecule has 0 saturated heterocycles. The van der Waals surface area contributed by atoms with Crippen LogP contribution in [0.1, 0.15) is 5.56 Å². The third kappa shape index (κ3) is 2.73. The molecular formula is C9H9BrN4S. The molecule has 78 valence electrons. The lowest BCUT2D eigenvalue weighted by molar-refractivity contribution is 0.873. The smallest absolute Gasteiger partial charge is 0.227 e. The Labute approximate surface area is 100 Å². The lowest BCUT2D eigenvalue weighted by Crippen LogP contribution is -2.15. The van der Waals surface area contributed by atoms with Crippen LogP contribution in [-0.4, -0.2) is 21.8 Å². The molecule has 1 heterocycles. The maximum absolute atomic E-state index is 3.90. The lowest BCUT2D eigenvalue weighted by atomic mass is 10.2. The third-order valence-corrected chi connectivity index (χ3v) is 3.19. The van der Waals surface area contributed by atoms with E-state index in [1.165, 1.54) is 17.1 Å². The summed E-state index contributed by atoms with van der Waals surface area (Å²) < 4.78 is 4.82. The predicted molar refractivity (Wildman–Crippen MR) is 64.0 cm³/mol. The number of anilines is 1. The Morgan fingerprint density at radius 2 is 2.07 bits per heavy atom. The second-order valence-corrected chi connectivity index (χ2v) is 4.75. The van der Waals surface area contributed by atoms with Gasteiger partial charge >= 0.3 is 0 Å². The Kier molecular flexibility index (Phi) is 3.27. The molecule has 1 aromatic heterocycles. The van der Waals surface area contributed by atoms with Gasteiger partial charge in [-0.15, -0.1) is 0 Å². The van der Waals surface area contributed by atoms with Crippen LogP contribution in [0.4, 0.5) is 5.13 Å². The Morgan fingerprint density at radius 3 is 2.67 bits per heavy atom. The highest BCUT2D eigenvalue weighted by molar-refractivity contribution is 9.10. The molecule has 2 rings (SSSR count). The molecular weight excluding hydrogens is 276 g/mol. The standard InChI is InChI=1S/C9H9BrN4S/c1-14(9-11-12-13-15-9)6-7-2-4-8(10)5-3-7/h2-5H,6H2,1H3. The molecule has 0 bridgehead atoms. The fourth-order valence-corrected chi connectivity index (χ4v) is 1.89. The molecule has 0 aliphatic heterocycles. The van der Waals surface area contributed by atoms with Gasteiger partial charge in [0, 0.05) is 29.6 Å². The molecule has 1 aromatic carbocycles. The summed E-state index contributed by atoms with van der Waals surface area (Å²) >= 11 is 4.70. The average Bonchev–Trinajstić information content (AvgIpc) is 2.74. The van der Waals surface area contributed by atoms with Gasteiger partial charge in [-0.25, -0.2) is 0 Å². The molecule has 0 aliphatic carbocycles. The van der Waals surface area contributed by atoms with Crippen LogP contribution in [0.2, 0.25) is 0 Å². The van der Waals surface area contributed by atoms with Crippen LogP contribution >= 0.6 is 27.5 Å². The van der Waals surface area contributed by atoms with E-state index in [1.54, 1.807) is 0 Å². The van der Waals surface area contributed by atoms with E-state index in [0.717, 1.165) is 16.1 Å². The van der Waals surface area contributed by atoms with Crippen LogP contribution in [-0.2, 0) is 6.54 Å². The van der Waals surface area contributed by atoms with E-state index in [9.17, 15) is 0 Å². The van der Waals surface area contributed by atoms with Crippen molar-refractivity contribution in [1.82, 2.24) is 14.8 Å². The molecule has 0 fully saturated rings. The van der Waals surface area contributed by atoms with Crippen molar-refractivity contribution in [3.05, 3.63) is 34.3 Å². The Balaban J connectivity index is 2.06. The summed E-state index contributed by atoms with van der Waals surface area (Å²) in [5.41, 5.74) is 1.23. The highest BCUT2D eigenvalue weighted by Crippen LogP contribution is 2.16. The summed E-state index contributed by atoms with van der Waals surface area (Å²) in [7, 11) is 1.98. The van der Waals surface area contributed by atoms with Gasteiger partial charge in [-0.1, -0.05) is 37.6 Å². The number of hydrogen-bond donors (Lipinski definition) is 0. The maximum Gasteiger partial charge on any atom is 0.227 e. The second-order valence-electron chi connectivity index (χ2n) is 3.13. The van der Waals surface area contributed by atoms with Crippen LogP contribution < -0.4 is 4.90 Å². The first-order valence-corrected chi connectivity index (χ1v) is 5.93. The number of hydrogen-bond acceptors (Lipinski definition) is 5. The van der Waals surface area contributed by atoms with E-state index < -0.39 is 0 Å². The number of rotatable bonds is 3. The van der Waals surface area contributed by atoms with Crippen molar-refractivity contribution >= 4 is 32.6 Å². The number of benzene rings is 1. The highest BCUT2D eigenvalue weighted by atomic mass is 79.9. The maximum atomic E-state index is 3.90. The minimum atomic E-state index is 0.810. The monoisotopic (exact) mass is 284 g/mol. The summed E-state index contributed by atoms with van der Waals surface area (Å²) in [6.07, 6.45) is 0. The van der Waals surface area contributed by atoms with Gasteiger partial charge in [0.25, 0.3) is 0 Å². The quantitative estimate of drug-likeness (QED) is 0.868. The zero-order chi connectivity index (χ0) is 10.7. The Bertz CT molecular complexity index is 414. The van der Waals surface area contributed by atoms with Gasteiger partial charge in [-0.05, 0) is 22.9 Å². The van der Waals surface area contributed by atoms with Gasteiger partial charge in [0.1, 0.15) is 0 Å². The van der Waals surface area contributed by atoms with Gasteiger partial charge in [0.2, 0.25) is 5.13 Å². The lowest BCUT2D eigenvalue weighted by Gasteiger charge is -2.14. The Morgan fingerprint density at radius 1 is 1.33 bits per heavy atom. The van der Waals surface area contributed by atoms with Crippen molar-refractivity contribution < 1.29 is 0 Å². The minimum Gasteiger partial charge on any atom is -0.344 e. The molecule has 2 aromatic rings. The number of halogens is 1. The Hall–Kier alpha value is -1.01. The van der Waals surface area contributed by atoms with Crippen molar-refractivity contribution in [3.63, 3.8) is 0 Å². The topological polar surface area (TPSA) is 41.9 Å². The first-order chi connectivity index (χ1) is 7.25. The van der Waals surface area contributed by atoms with Gasteiger partial charge in [-0.2, -0.15) is 0 Å². The van der Waals surface area contributed by atoms with Crippen LogP contribution in [0.3, 0.4) is 0 Å². The molecule has 0 spiro atoms. The summed E-state index contributed by atoms with van der Waals surface area (Å²) in [5.74, 6) is 0. The van der Waals surface area contributed by atoms with Crippen molar-refractivity contribution in [2.45, 2.75) is 6.54 Å². The molecule has 0 atom stereocenters. The van der Waals surface area contributed by atoms with Crippen molar-refractivity contribution in [1.29, 1.82) is 0 Å². The van der Waals surface area contributed by atoms with E-state index in [4.69, 9.17) is 0 Å². The van der Waals surface area contributed by atoms with Crippen LogP contribution in [0, 0.1) is 0 Å². The van der Waals surface area contributed by atoms with Gasteiger partial charge in [0.15, 0.2) is 0 Å². The first-order valence-electron chi connectivity index (χ1n) is 4.36. The van der Waals surface area contributed by atoms with Crippen LogP contribution in [0.5, 0.6) is 0 Å². The zero-order valence-corrected chi connectivity index (χ0v) is 10.5. The summed E-state index contributed by atoms with van der Waals surface area (Å²) in [6, 6.07) is 8.22. The minimum absolute atomic E-state index is 0.810. The zero-order valence-electron chi connectivity index (χ0n) is 8.09. The molecule has 6 heteroatoms. The molecule has 15 heavy (non-hydrogen) atoms. The molecule has 4 nitrogen and oxygen atoms in total. The SMILES string of the molecule is CN(Cc1ccc(Br)cc1)c1nnns1. The van der Waals surface area contributed by atoms with E-state index in [0.29, 0.717) is 0 Å². The molecule has 0 unspecified atom stereocenters. The predicted octanol–water partition coefficient (Wildman–Crippen LogP) is 2.33. The largest absolute Gasteiger partial charge is 0.344 e. The van der Waals surface area contributed by atoms with E-state index in [2.05, 4.69) is 42.9 Å². The fourth-order valence-electron chi connectivity index (χ4n) is 1.21. The summed E-state index contributed by atoms with van der Waals surface area (Å²) in [6.45, 7) is 0.810. The normalized spacial score (nSPS) is 10.3. The van der Waals surface area contributed by atoms with Crippen molar-refractivity contribution in [2.75, 3.05) is 11.9 Å². The average molecular weight is 285 g/mol. The van der Waals surface area contributed by atoms with Gasteiger partial charge in [0.05, 0.1) is 0 Å². The third-order valence-electron chi connectivity index (χ3n) is 1.95. The molecule has 0 radical (unpaired) electrons. The molecule has 0 N–H and O–H groups in total. The van der Waals surface area contributed by atoms with E-state index >= 15 is 0 Å². The van der Waals surface area contributed by atoms with Gasteiger partial charge < -0.3 is 4.90 Å². The summed E-state index contributed by atoms with van der Waals surface area (Å²) in [5, 5.41) is 8.30. The first kappa shape index (κ1) is 10.5. The number of aromatic nitrogens is 3. The fraction of sp³-hybridized carbons (Fsp3) is 0.222.